The summed E-state index contributed by atoms with van der Waals surface area (Å²) in [5.74, 6) is 0.908. The fraction of sp³-hybridized carbons (Fsp3) is 1.00. The largest absolute Gasteiger partial charge is 0.381 e. The zero-order valence-electron chi connectivity index (χ0n) is 13.1. The summed E-state index contributed by atoms with van der Waals surface area (Å²) in [6.07, 6.45) is 0.787. The Morgan fingerprint density at radius 3 is 2.81 bits per heavy atom. The zero-order valence-corrected chi connectivity index (χ0v) is 13.9. The molecule has 0 aliphatic carbocycles. The zero-order chi connectivity index (χ0) is 15.3. The molecule has 0 aromatic carbocycles. The quantitative estimate of drug-likeness (QED) is 0.731. The SMILES string of the molecule is CC(C)CN1CCO[C@H](CNS(=O)(=O)C[C@@H]2CCOC2)C1. The van der Waals surface area contributed by atoms with Crippen molar-refractivity contribution in [3.05, 3.63) is 0 Å². The predicted molar refractivity (Wildman–Crippen MR) is 81.7 cm³/mol. The van der Waals surface area contributed by atoms with Gasteiger partial charge in [0.25, 0.3) is 0 Å². The van der Waals surface area contributed by atoms with Gasteiger partial charge in [-0.15, -0.1) is 0 Å². The van der Waals surface area contributed by atoms with E-state index in [1.807, 2.05) is 0 Å². The number of rotatable bonds is 7. The van der Waals surface area contributed by atoms with Crippen LogP contribution in [-0.2, 0) is 19.5 Å². The first-order valence-electron chi connectivity index (χ1n) is 7.83. The lowest BCUT2D eigenvalue weighted by molar-refractivity contribution is -0.0280. The number of nitrogens with one attached hydrogen (secondary N) is 1. The monoisotopic (exact) mass is 320 g/mol. The van der Waals surface area contributed by atoms with Crippen LogP contribution in [-0.4, -0.2) is 71.2 Å². The number of sulfonamides is 1. The molecule has 1 N–H and O–H groups in total. The Kier molecular flexibility index (Phi) is 6.43. The van der Waals surface area contributed by atoms with Crippen molar-refractivity contribution in [2.75, 3.05) is 51.8 Å². The number of hydrogen-bond donors (Lipinski definition) is 1. The summed E-state index contributed by atoms with van der Waals surface area (Å²) in [4.78, 5) is 2.35. The minimum Gasteiger partial charge on any atom is -0.381 e. The highest BCUT2D eigenvalue weighted by atomic mass is 32.2. The van der Waals surface area contributed by atoms with Crippen molar-refractivity contribution in [3.63, 3.8) is 0 Å². The molecule has 0 aromatic heterocycles. The molecular weight excluding hydrogens is 292 g/mol. The van der Waals surface area contributed by atoms with E-state index in [1.54, 1.807) is 0 Å². The first-order valence-corrected chi connectivity index (χ1v) is 9.49. The third kappa shape index (κ3) is 6.20. The second-order valence-corrected chi connectivity index (χ2v) is 8.36. The van der Waals surface area contributed by atoms with E-state index in [4.69, 9.17) is 9.47 Å². The molecule has 2 heterocycles. The highest BCUT2D eigenvalue weighted by molar-refractivity contribution is 7.89. The highest BCUT2D eigenvalue weighted by Crippen LogP contribution is 2.14. The normalized spacial score (nSPS) is 28.3. The molecule has 6 nitrogen and oxygen atoms in total. The second-order valence-electron chi connectivity index (χ2n) is 6.51. The summed E-state index contributed by atoms with van der Waals surface area (Å²) < 4.78 is 37.7. The van der Waals surface area contributed by atoms with E-state index in [0.29, 0.717) is 32.3 Å². The highest BCUT2D eigenvalue weighted by Gasteiger charge is 2.26. The maximum Gasteiger partial charge on any atom is 0.212 e. The van der Waals surface area contributed by atoms with Crippen molar-refractivity contribution < 1.29 is 17.9 Å². The van der Waals surface area contributed by atoms with E-state index in [1.165, 1.54) is 0 Å². The van der Waals surface area contributed by atoms with Gasteiger partial charge in [0.05, 0.1) is 25.1 Å². The molecule has 0 spiro atoms. The number of nitrogens with zero attached hydrogens (tertiary/aromatic N) is 1. The molecule has 2 saturated heterocycles. The van der Waals surface area contributed by atoms with Crippen LogP contribution in [0.2, 0.25) is 0 Å². The lowest BCUT2D eigenvalue weighted by atomic mass is 10.2. The molecule has 7 heteroatoms. The van der Waals surface area contributed by atoms with Gasteiger partial charge in [-0.3, -0.25) is 4.90 Å². The summed E-state index contributed by atoms with van der Waals surface area (Å²) >= 11 is 0. The van der Waals surface area contributed by atoms with E-state index in [0.717, 1.165) is 26.1 Å². The third-order valence-electron chi connectivity index (χ3n) is 3.86. The standard InChI is InChI=1S/C14H28N2O4S/c1-12(2)8-16-4-6-20-14(9-16)7-15-21(17,18)11-13-3-5-19-10-13/h12-15H,3-11H2,1-2H3/t13-,14-/m1/s1. The average molecular weight is 320 g/mol. The van der Waals surface area contributed by atoms with Crippen LogP contribution >= 0.6 is 0 Å². The molecule has 0 radical (unpaired) electrons. The van der Waals surface area contributed by atoms with Crippen molar-refractivity contribution in [1.29, 1.82) is 0 Å². The van der Waals surface area contributed by atoms with E-state index >= 15 is 0 Å². The van der Waals surface area contributed by atoms with Gasteiger partial charge < -0.3 is 9.47 Å². The van der Waals surface area contributed by atoms with E-state index < -0.39 is 10.0 Å². The predicted octanol–water partition coefficient (Wildman–Crippen LogP) is 0.299. The summed E-state index contributed by atoms with van der Waals surface area (Å²) in [5, 5.41) is 0. The van der Waals surface area contributed by atoms with Crippen molar-refractivity contribution in [2.45, 2.75) is 26.4 Å². The molecule has 2 rings (SSSR count). The Labute approximate surface area is 128 Å². The van der Waals surface area contributed by atoms with Gasteiger partial charge >= 0.3 is 0 Å². The Morgan fingerprint density at radius 2 is 2.14 bits per heavy atom. The van der Waals surface area contributed by atoms with Gasteiger partial charge in [0.1, 0.15) is 0 Å². The maximum atomic E-state index is 12.1. The van der Waals surface area contributed by atoms with Gasteiger partial charge in [0.15, 0.2) is 0 Å². The van der Waals surface area contributed by atoms with Gasteiger partial charge in [0, 0.05) is 32.8 Å². The van der Waals surface area contributed by atoms with Crippen LogP contribution in [0.3, 0.4) is 0 Å². The van der Waals surface area contributed by atoms with Crippen molar-refractivity contribution in [3.8, 4) is 0 Å². The van der Waals surface area contributed by atoms with Crippen LogP contribution in [0, 0.1) is 11.8 Å². The molecule has 2 aliphatic rings. The fourth-order valence-electron chi connectivity index (χ4n) is 2.89. The van der Waals surface area contributed by atoms with Crippen LogP contribution in [0.4, 0.5) is 0 Å². The Morgan fingerprint density at radius 1 is 1.33 bits per heavy atom. The molecule has 0 amide bonds. The Balaban J connectivity index is 1.73. The van der Waals surface area contributed by atoms with Crippen molar-refractivity contribution in [1.82, 2.24) is 9.62 Å². The van der Waals surface area contributed by atoms with E-state index in [2.05, 4.69) is 23.5 Å². The summed E-state index contributed by atoms with van der Waals surface area (Å²) in [6, 6.07) is 0. The van der Waals surface area contributed by atoms with E-state index in [9.17, 15) is 8.42 Å². The van der Waals surface area contributed by atoms with Gasteiger partial charge in [-0.05, 0) is 18.3 Å². The molecule has 21 heavy (non-hydrogen) atoms. The average Bonchev–Trinajstić information content (AvgIpc) is 2.88. The molecule has 124 valence electrons. The first kappa shape index (κ1) is 17.1. The maximum absolute atomic E-state index is 12.1. The van der Waals surface area contributed by atoms with Gasteiger partial charge in [0.2, 0.25) is 10.0 Å². The van der Waals surface area contributed by atoms with Gasteiger partial charge in [-0.2, -0.15) is 0 Å². The third-order valence-corrected chi connectivity index (χ3v) is 5.37. The van der Waals surface area contributed by atoms with E-state index in [-0.39, 0.29) is 17.8 Å². The topological polar surface area (TPSA) is 67.9 Å². The molecule has 0 unspecified atom stereocenters. The minimum absolute atomic E-state index is 0.0490. The van der Waals surface area contributed by atoms with Crippen LogP contribution < -0.4 is 4.72 Å². The Hall–Kier alpha value is -0.210. The molecule has 0 aromatic rings. The fourth-order valence-corrected chi connectivity index (χ4v) is 4.33. The molecule has 2 aliphatic heterocycles. The molecular formula is C14H28N2O4S. The van der Waals surface area contributed by atoms with Crippen molar-refractivity contribution in [2.24, 2.45) is 11.8 Å². The molecule has 2 atom stereocenters. The lowest BCUT2D eigenvalue weighted by Crippen LogP contribution is -2.48. The van der Waals surface area contributed by atoms with Crippen LogP contribution in [0.5, 0.6) is 0 Å². The molecule has 2 fully saturated rings. The number of morpholine rings is 1. The van der Waals surface area contributed by atoms with Gasteiger partial charge in [-0.25, -0.2) is 13.1 Å². The van der Waals surface area contributed by atoms with Crippen molar-refractivity contribution >= 4 is 10.0 Å². The minimum atomic E-state index is -3.23. The lowest BCUT2D eigenvalue weighted by Gasteiger charge is -2.34. The molecule has 0 saturated carbocycles. The summed E-state index contributed by atoms with van der Waals surface area (Å²) in [5.41, 5.74) is 0. The first-order chi connectivity index (χ1) is 9.94. The Bertz CT molecular complexity index is 407. The smallest absolute Gasteiger partial charge is 0.212 e. The van der Waals surface area contributed by atoms with Gasteiger partial charge in [-0.1, -0.05) is 13.8 Å². The summed E-state index contributed by atoms with van der Waals surface area (Å²) in [6.45, 7) is 9.42. The van der Waals surface area contributed by atoms with Crippen LogP contribution in [0.25, 0.3) is 0 Å². The van der Waals surface area contributed by atoms with Crippen LogP contribution in [0.15, 0.2) is 0 Å². The summed E-state index contributed by atoms with van der Waals surface area (Å²) in [7, 11) is -3.23. The number of ether oxygens (including phenoxy) is 2. The molecule has 0 bridgehead atoms. The second kappa shape index (κ2) is 7.87. The number of hydrogen-bond acceptors (Lipinski definition) is 5. The van der Waals surface area contributed by atoms with Crippen LogP contribution in [0.1, 0.15) is 20.3 Å².